The van der Waals surface area contributed by atoms with Gasteiger partial charge in [0.25, 0.3) is 0 Å². The van der Waals surface area contributed by atoms with E-state index in [0.29, 0.717) is 13.0 Å². The van der Waals surface area contributed by atoms with Gasteiger partial charge < -0.3 is 4.74 Å². The molecule has 1 rings (SSSR count). The zero-order chi connectivity index (χ0) is 8.10. The fourth-order valence-corrected chi connectivity index (χ4v) is 1.33. The van der Waals surface area contributed by atoms with Crippen molar-refractivity contribution in [3.63, 3.8) is 0 Å². The Bertz CT molecular complexity index is 110. The second-order valence-corrected chi connectivity index (χ2v) is 2.88. The quantitative estimate of drug-likeness (QED) is 0.572. The molecule has 0 aliphatic carbocycles. The molecule has 0 amide bonds. The predicted molar refractivity (Wildman–Crippen MR) is 42.4 cm³/mol. The van der Waals surface area contributed by atoms with E-state index < -0.39 is 6.17 Å². The minimum Gasteiger partial charge on any atom is -0.380 e. The minimum absolute atomic E-state index is 0.600. The van der Waals surface area contributed by atoms with E-state index in [2.05, 4.69) is 4.90 Å². The van der Waals surface area contributed by atoms with Crippen molar-refractivity contribution in [2.75, 3.05) is 32.8 Å². The van der Waals surface area contributed by atoms with E-state index in [0.717, 1.165) is 26.3 Å². The van der Waals surface area contributed by atoms with Crippen LogP contribution in [-0.2, 0) is 4.74 Å². The van der Waals surface area contributed by atoms with Crippen LogP contribution in [0.1, 0.15) is 13.3 Å². The van der Waals surface area contributed by atoms with E-state index in [1.54, 1.807) is 0 Å². The summed E-state index contributed by atoms with van der Waals surface area (Å²) in [4.78, 5) is 2.11. The molecule has 0 bridgehead atoms. The van der Waals surface area contributed by atoms with Gasteiger partial charge in [-0.15, -0.1) is 0 Å². The highest BCUT2D eigenvalue weighted by Crippen LogP contribution is 2.10. The zero-order valence-electron chi connectivity index (χ0n) is 7.05. The molecule has 66 valence electrons. The van der Waals surface area contributed by atoms with Gasteiger partial charge in [0.2, 0.25) is 0 Å². The Hall–Kier alpha value is -0.150. The lowest BCUT2D eigenvalue weighted by atomic mass is 10.3. The number of rotatable bonds is 4. The lowest BCUT2D eigenvalue weighted by Gasteiger charge is -2.13. The first-order valence-corrected chi connectivity index (χ1v) is 4.27. The van der Waals surface area contributed by atoms with Crippen LogP contribution in [-0.4, -0.2) is 43.9 Å². The van der Waals surface area contributed by atoms with Gasteiger partial charge in [0.1, 0.15) is 6.17 Å². The molecule has 0 spiro atoms. The summed E-state index contributed by atoms with van der Waals surface area (Å²) < 4.78 is 17.8. The Kier molecular flexibility index (Phi) is 3.80. The maximum Gasteiger partial charge on any atom is 0.114 e. The summed E-state index contributed by atoms with van der Waals surface area (Å²) in [6.45, 7) is 5.85. The first-order chi connectivity index (χ1) is 5.33. The van der Waals surface area contributed by atoms with Crippen molar-refractivity contribution in [1.82, 2.24) is 4.90 Å². The average molecular weight is 161 g/mol. The van der Waals surface area contributed by atoms with E-state index in [4.69, 9.17) is 4.74 Å². The molecule has 2 nitrogen and oxygen atoms in total. The van der Waals surface area contributed by atoms with Crippen LogP contribution in [0.4, 0.5) is 4.39 Å². The van der Waals surface area contributed by atoms with E-state index in [9.17, 15) is 4.39 Å². The first kappa shape index (κ1) is 8.94. The number of nitrogens with zero attached hydrogens (tertiary/aromatic N) is 1. The largest absolute Gasteiger partial charge is 0.380 e. The van der Waals surface area contributed by atoms with Crippen LogP contribution >= 0.6 is 0 Å². The number of ether oxygens (including phenoxy) is 1. The lowest BCUT2D eigenvalue weighted by Crippen LogP contribution is -2.25. The minimum atomic E-state index is -0.600. The second kappa shape index (κ2) is 4.67. The fraction of sp³-hybridized carbons (Fsp3) is 1.00. The van der Waals surface area contributed by atoms with Crippen LogP contribution in [0.15, 0.2) is 0 Å². The molecule has 1 fully saturated rings. The summed E-state index contributed by atoms with van der Waals surface area (Å²) in [5.41, 5.74) is 0. The van der Waals surface area contributed by atoms with Gasteiger partial charge in [0.15, 0.2) is 0 Å². The SMILES string of the molecule is CCOCCN1CCC(F)C1. The molecular formula is C8H16FNO. The Morgan fingerprint density at radius 2 is 2.45 bits per heavy atom. The summed E-state index contributed by atoms with van der Waals surface area (Å²) in [5.74, 6) is 0. The molecule has 0 radical (unpaired) electrons. The third-order valence-electron chi connectivity index (χ3n) is 1.97. The zero-order valence-corrected chi connectivity index (χ0v) is 7.05. The highest BCUT2D eigenvalue weighted by Gasteiger charge is 2.20. The summed E-state index contributed by atoms with van der Waals surface area (Å²) >= 11 is 0. The summed E-state index contributed by atoms with van der Waals surface area (Å²) in [6.07, 6.45) is 0.100. The number of hydrogen-bond acceptors (Lipinski definition) is 2. The first-order valence-electron chi connectivity index (χ1n) is 4.27. The van der Waals surface area contributed by atoms with Crippen molar-refractivity contribution < 1.29 is 9.13 Å². The summed E-state index contributed by atoms with van der Waals surface area (Å²) in [5, 5.41) is 0. The van der Waals surface area contributed by atoms with E-state index in [-0.39, 0.29) is 0 Å². The second-order valence-electron chi connectivity index (χ2n) is 2.88. The maximum atomic E-state index is 12.6. The van der Waals surface area contributed by atoms with Crippen LogP contribution in [0, 0.1) is 0 Å². The van der Waals surface area contributed by atoms with Gasteiger partial charge in [-0.25, -0.2) is 4.39 Å². The predicted octanol–water partition coefficient (Wildman–Crippen LogP) is 1.07. The monoisotopic (exact) mass is 161 g/mol. The van der Waals surface area contributed by atoms with Crippen LogP contribution in [0.3, 0.4) is 0 Å². The van der Waals surface area contributed by atoms with Crippen LogP contribution < -0.4 is 0 Å². The molecule has 1 atom stereocenters. The third-order valence-corrected chi connectivity index (χ3v) is 1.97. The highest BCUT2D eigenvalue weighted by molar-refractivity contribution is 4.74. The van der Waals surface area contributed by atoms with Gasteiger partial charge in [-0.2, -0.15) is 0 Å². The van der Waals surface area contributed by atoms with Crippen molar-refractivity contribution in [3.05, 3.63) is 0 Å². The highest BCUT2D eigenvalue weighted by atomic mass is 19.1. The molecule has 0 aromatic carbocycles. The van der Waals surface area contributed by atoms with Gasteiger partial charge in [-0.3, -0.25) is 4.90 Å². The molecule has 1 saturated heterocycles. The smallest absolute Gasteiger partial charge is 0.114 e. The van der Waals surface area contributed by atoms with Gasteiger partial charge >= 0.3 is 0 Å². The van der Waals surface area contributed by atoms with E-state index in [1.165, 1.54) is 0 Å². The van der Waals surface area contributed by atoms with Crippen LogP contribution in [0.25, 0.3) is 0 Å². The van der Waals surface area contributed by atoms with E-state index >= 15 is 0 Å². The molecular weight excluding hydrogens is 145 g/mol. The van der Waals surface area contributed by atoms with Crippen molar-refractivity contribution in [1.29, 1.82) is 0 Å². The topological polar surface area (TPSA) is 12.5 Å². The Labute approximate surface area is 67.3 Å². The number of likely N-dealkylation sites (tertiary alicyclic amines) is 1. The number of hydrogen-bond donors (Lipinski definition) is 0. The lowest BCUT2D eigenvalue weighted by molar-refractivity contribution is 0.119. The molecule has 1 heterocycles. The van der Waals surface area contributed by atoms with Gasteiger partial charge in [0, 0.05) is 26.2 Å². The Morgan fingerprint density at radius 1 is 1.64 bits per heavy atom. The molecule has 3 heteroatoms. The standard InChI is InChI=1S/C8H16FNO/c1-2-11-6-5-10-4-3-8(9)7-10/h8H,2-7H2,1H3. The molecule has 0 N–H and O–H groups in total. The van der Waals surface area contributed by atoms with Crippen molar-refractivity contribution in [3.8, 4) is 0 Å². The van der Waals surface area contributed by atoms with Crippen molar-refractivity contribution in [2.24, 2.45) is 0 Å². The van der Waals surface area contributed by atoms with E-state index in [1.807, 2.05) is 6.92 Å². The molecule has 0 aromatic rings. The molecule has 1 unspecified atom stereocenters. The summed E-state index contributed by atoms with van der Waals surface area (Å²) in [7, 11) is 0. The molecule has 0 aromatic heterocycles. The van der Waals surface area contributed by atoms with Gasteiger partial charge in [-0.05, 0) is 13.3 Å². The third kappa shape index (κ3) is 3.16. The van der Waals surface area contributed by atoms with Gasteiger partial charge in [0.05, 0.1) is 6.61 Å². The van der Waals surface area contributed by atoms with Crippen molar-refractivity contribution >= 4 is 0 Å². The number of halogens is 1. The fourth-order valence-electron chi connectivity index (χ4n) is 1.33. The Morgan fingerprint density at radius 3 is 3.00 bits per heavy atom. The van der Waals surface area contributed by atoms with Gasteiger partial charge in [-0.1, -0.05) is 0 Å². The molecule has 1 aliphatic heterocycles. The molecule has 1 aliphatic rings. The average Bonchev–Trinajstić information content (AvgIpc) is 2.37. The molecule has 11 heavy (non-hydrogen) atoms. The number of alkyl halides is 1. The molecule has 0 saturated carbocycles. The van der Waals surface area contributed by atoms with Crippen LogP contribution in [0.2, 0.25) is 0 Å². The summed E-state index contributed by atoms with van der Waals surface area (Å²) in [6, 6.07) is 0. The van der Waals surface area contributed by atoms with Crippen molar-refractivity contribution in [2.45, 2.75) is 19.5 Å². The Balaban J connectivity index is 1.99. The normalized spacial score (nSPS) is 26.2. The maximum absolute atomic E-state index is 12.6. The van der Waals surface area contributed by atoms with Crippen LogP contribution in [0.5, 0.6) is 0 Å².